The van der Waals surface area contributed by atoms with Crippen molar-refractivity contribution in [2.24, 2.45) is 10.9 Å². The second-order valence-corrected chi connectivity index (χ2v) is 6.75. The Bertz CT molecular complexity index is 405. The lowest BCUT2D eigenvalue weighted by atomic mass is 10.2. The maximum absolute atomic E-state index is 12.1. The lowest BCUT2D eigenvalue weighted by Crippen LogP contribution is -2.45. The minimum atomic E-state index is 0.0714. The molecule has 0 aliphatic carbocycles. The van der Waals surface area contributed by atoms with E-state index in [1.54, 1.807) is 0 Å². The smallest absolute Gasteiger partial charge is 0.225 e. The van der Waals surface area contributed by atoms with E-state index in [9.17, 15) is 4.79 Å². The summed E-state index contributed by atoms with van der Waals surface area (Å²) in [6, 6.07) is 0.290. The van der Waals surface area contributed by atoms with E-state index in [0.717, 1.165) is 58.0 Å². The summed E-state index contributed by atoms with van der Waals surface area (Å²) in [5, 5.41) is 6.77. The average molecular weight is 324 g/mol. The Morgan fingerprint density at radius 3 is 2.87 bits per heavy atom. The molecule has 0 spiro atoms. The fourth-order valence-corrected chi connectivity index (χ4v) is 3.15. The van der Waals surface area contributed by atoms with Crippen LogP contribution < -0.4 is 10.6 Å². The first-order valence-corrected chi connectivity index (χ1v) is 9.05. The fraction of sp³-hybridized carbons (Fsp3) is 0.882. The summed E-state index contributed by atoms with van der Waals surface area (Å²) in [5.74, 6) is 1.17. The largest absolute Gasteiger partial charge is 0.378 e. The molecule has 2 aliphatic rings. The first-order valence-electron chi connectivity index (χ1n) is 9.05. The highest BCUT2D eigenvalue weighted by molar-refractivity contribution is 5.81. The van der Waals surface area contributed by atoms with Gasteiger partial charge in [-0.2, -0.15) is 0 Å². The second-order valence-electron chi connectivity index (χ2n) is 6.75. The highest BCUT2D eigenvalue weighted by atomic mass is 16.5. The summed E-state index contributed by atoms with van der Waals surface area (Å²) in [7, 11) is 0. The molecule has 2 atom stereocenters. The molecule has 6 heteroatoms. The van der Waals surface area contributed by atoms with Crippen LogP contribution in [0.25, 0.3) is 0 Å². The quantitative estimate of drug-likeness (QED) is 0.572. The second kappa shape index (κ2) is 9.11. The maximum atomic E-state index is 12.1. The zero-order valence-electron chi connectivity index (χ0n) is 14.8. The number of ether oxygens (including phenoxy) is 1. The van der Waals surface area contributed by atoms with Gasteiger partial charge < -0.3 is 20.3 Å². The van der Waals surface area contributed by atoms with Crippen molar-refractivity contribution in [1.29, 1.82) is 0 Å². The molecule has 0 aromatic heterocycles. The third-order valence-electron chi connectivity index (χ3n) is 4.42. The minimum Gasteiger partial charge on any atom is -0.378 e. The van der Waals surface area contributed by atoms with Gasteiger partial charge in [0.25, 0.3) is 0 Å². The van der Waals surface area contributed by atoms with Gasteiger partial charge in [-0.05, 0) is 32.6 Å². The molecule has 23 heavy (non-hydrogen) atoms. The number of hydrogen-bond acceptors (Lipinski definition) is 3. The van der Waals surface area contributed by atoms with Gasteiger partial charge in [-0.3, -0.25) is 9.79 Å². The van der Waals surface area contributed by atoms with Crippen LogP contribution in [0.3, 0.4) is 0 Å². The molecular formula is C17H32N4O2. The molecule has 0 aromatic carbocycles. The molecule has 1 amide bonds. The zero-order chi connectivity index (χ0) is 16.7. The number of carbonyl (C=O) groups is 1. The fourth-order valence-electron chi connectivity index (χ4n) is 3.15. The van der Waals surface area contributed by atoms with Crippen molar-refractivity contribution in [3.05, 3.63) is 0 Å². The van der Waals surface area contributed by atoms with Gasteiger partial charge in [0.05, 0.1) is 6.10 Å². The van der Waals surface area contributed by atoms with Gasteiger partial charge in [0, 0.05) is 44.7 Å². The number of aliphatic imine (C=N–C) groups is 1. The topological polar surface area (TPSA) is 66.0 Å². The number of likely N-dealkylation sites (tertiary alicyclic amines) is 1. The van der Waals surface area contributed by atoms with Crippen LogP contribution in [0.15, 0.2) is 4.99 Å². The van der Waals surface area contributed by atoms with E-state index in [4.69, 9.17) is 4.74 Å². The number of rotatable bonds is 6. The molecule has 0 bridgehead atoms. The number of guanidine groups is 1. The molecule has 2 N–H and O–H groups in total. The summed E-state index contributed by atoms with van der Waals surface area (Å²) >= 11 is 0. The number of amides is 1. The van der Waals surface area contributed by atoms with Crippen molar-refractivity contribution in [2.45, 2.75) is 58.6 Å². The molecule has 0 saturated carbocycles. The molecule has 2 rings (SSSR count). The third-order valence-corrected chi connectivity index (χ3v) is 4.42. The van der Waals surface area contributed by atoms with E-state index >= 15 is 0 Å². The van der Waals surface area contributed by atoms with Gasteiger partial charge in [-0.25, -0.2) is 0 Å². The van der Waals surface area contributed by atoms with Gasteiger partial charge >= 0.3 is 0 Å². The molecule has 132 valence electrons. The van der Waals surface area contributed by atoms with Crippen LogP contribution in [0.4, 0.5) is 0 Å². The molecule has 6 nitrogen and oxygen atoms in total. The molecular weight excluding hydrogens is 292 g/mol. The Morgan fingerprint density at radius 2 is 2.22 bits per heavy atom. The van der Waals surface area contributed by atoms with Gasteiger partial charge in [0.2, 0.25) is 5.91 Å². The van der Waals surface area contributed by atoms with Crippen molar-refractivity contribution in [1.82, 2.24) is 15.5 Å². The van der Waals surface area contributed by atoms with Crippen LogP contribution in [0, 0.1) is 5.92 Å². The number of carbonyl (C=O) groups excluding carboxylic acids is 1. The molecule has 2 saturated heterocycles. The van der Waals surface area contributed by atoms with Gasteiger partial charge in [-0.15, -0.1) is 0 Å². The van der Waals surface area contributed by atoms with Crippen LogP contribution >= 0.6 is 0 Å². The molecule has 2 unspecified atom stereocenters. The molecule has 2 heterocycles. The van der Waals surface area contributed by atoms with E-state index in [1.165, 1.54) is 6.42 Å². The van der Waals surface area contributed by atoms with E-state index in [0.29, 0.717) is 12.1 Å². The monoisotopic (exact) mass is 324 g/mol. The van der Waals surface area contributed by atoms with Crippen LogP contribution in [-0.2, 0) is 9.53 Å². The van der Waals surface area contributed by atoms with Gasteiger partial charge in [0.1, 0.15) is 0 Å². The lowest BCUT2D eigenvalue weighted by molar-refractivity contribution is -0.133. The first-order chi connectivity index (χ1) is 11.1. The Morgan fingerprint density at radius 1 is 1.39 bits per heavy atom. The molecule has 2 fully saturated rings. The highest BCUT2D eigenvalue weighted by Crippen LogP contribution is 2.15. The van der Waals surface area contributed by atoms with Gasteiger partial charge in [-0.1, -0.05) is 13.8 Å². The molecule has 0 aromatic rings. The van der Waals surface area contributed by atoms with E-state index in [1.807, 2.05) is 18.7 Å². The van der Waals surface area contributed by atoms with Crippen molar-refractivity contribution < 1.29 is 9.53 Å². The molecule has 2 aliphatic heterocycles. The van der Waals surface area contributed by atoms with Gasteiger partial charge in [0.15, 0.2) is 5.96 Å². The van der Waals surface area contributed by atoms with Crippen LogP contribution in [0.5, 0.6) is 0 Å². The Balaban J connectivity index is 1.78. The summed E-state index contributed by atoms with van der Waals surface area (Å²) < 4.78 is 5.64. The summed E-state index contributed by atoms with van der Waals surface area (Å²) in [6.45, 7) is 10.1. The normalized spacial score (nSPS) is 25.2. The van der Waals surface area contributed by atoms with Crippen LogP contribution in [0.1, 0.15) is 46.5 Å². The maximum Gasteiger partial charge on any atom is 0.225 e. The molecule has 0 radical (unpaired) electrons. The Kier molecular flexibility index (Phi) is 7.15. The standard InChI is InChI=1S/C17H32N4O2/c1-4-18-17(19-9-7-15-6-5-11-23-15)20-14-8-10-21(12-14)16(22)13(2)3/h13-15H,4-12H2,1-3H3,(H2,18,19,20). The number of nitrogens with one attached hydrogen (secondary N) is 2. The number of hydrogen-bond donors (Lipinski definition) is 2. The third kappa shape index (κ3) is 5.68. The van der Waals surface area contributed by atoms with Crippen LogP contribution in [0.2, 0.25) is 0 Å². The van der Waals surface area contributed by atoms with E-state index in [2.05, 4.69) is 22.5 Å². The zero-order valence-corrected chi connectivity index (χ0v) is 14.8. The Labute approximate surface area is 140 Å². The predicted molar refractivity (Wildman–Crippen MR) is 92.5 cm³/mol. The summed E-state index contributed by atoms with van der Waals surface area (Å²) in [5.41, 5.74) is 0. The first kappa shape index (κ1) is 18.0. The average Bonchev–Trinajstić information content (AvgIpc) is 3.18. The van der Waals surface area contributed by atoms with Crippen molar-refractivity contribution in [2.75, 3.05) is 32.8 Å². The van der Waals surface area contributed by atoms with Crippen LogP contribution in [-0.4, -0.2) is 61.7 Å². The summed E-state index contributed by atoms with van der Waals surface area (Å²) in [6.07, 6.45) is 4.68. The van der Waals surface area contributed by atoms with E-state index < -0.39 is 0 Å². The predicted octanol–water partition coefficient (Wildman–Crippen LogP) is 1.37. The van der Waals surface area contributed by atoms with Crippen molar-refractivity contribution in [3.63, 3.8) is 0 Å². The Hall–Kier alpha value is -1.30. The van der Waals surface area contributed by atoms with Crippen molar-refractivity contribution >= 4 is 11.9 Å². The number of nitrogens with zero attached hydrogens (tertiary/aromatic N) is 2. The SMILES string of the molecule is CCNC(=NCCC1CCCO1)NC1CCN(C(=O)C(C)C)C1. The van der Waals surface area contributed by atoms with E-state index in [-0.39, 0.29) is 11.8 Å². The minimum absolute atomic E-state index is 0.0714. The lowest BCUT2D eigenvalue weighted by Gasteiger charge is -2.20. The highest BCUT2D eigenvalue weighted by Gasteiger charge is 2.27. The van der Waals surface area contributed by atoms with Crippen molar-refractivity contribution in [3.8, 4) is 0 Å². The summed E-state index contributed by atoms with van der Waals surface area (Å²) in [4.78, 5) is 18.7.